The van der Waals surface area contributed by atoms with Crippen LogP contribution in [0.5, 0.6) is 5.75 Å². The molecule has 0 aliphatic carbocycles. The lowest BCUT2D eigenvalue weighted by atomic mass is 10.1. The first-order valence-corrected chi connectivity index (χ1v) is 5.06. The van der Waals surface area contributed by atoms with E-state index in [-0.39, 0.29) is 0 Å². The molecule has 1 aromatic rings. The Balaban J connectivity index is 2.54. The Hall–Kier alpha value is -0.210. The first-order valence-electron chi connectivity index (χ1n) is 3.89. The van der Waals surface area contributed by atoms with E-state index in [1.165, 1.54) is 5.56 Å². The molecule has 0 N–H and O–H groups in total. The molecule has 0 aromatic heterocycles. The Kier molecular flexibility index (Phi) is 2.28. The molecule has 1 aliphatic heterocycles. The Bertz CT molecular complexity index is 312. The van der Waals surface area contributed by atoms with E-state index in [0.29, 0.717) is 0 Å². The summed E-state index contributed by atoms with van der Waals surface area (Å²) in [6.45, 7) is 0.798. The molecule has 0 atom stereocenters. The van der Waals surface area contributed by atoms with Gasteiger partial charge in [-0.05, 0) is 40.4 Å². The summed E-state index contributed by atoms with van der Waals surface area (Å²) in [5, 5.41) is 0.718. The van der Waals surface area contributed by atoms with Crippen molar-refractivity contribution in [3.8, 4) is 5.75 Å². The van der Waals surface area contributed by atoms with Gasteiger partial charge in [-0.1, -0.05) is 17.7 Å². The number of benzene rings is 1. The first-order chi connectivity index (χ1) is 5.79. The SMILES string of the molecule is Clc1ccc2c(c1Br)OCCC2. The van der Waals surface area contributed by atoms with Gasteiger partial charge in [-0.3, -0.25) is 0 Å². The van der Waals surface area contributed by atoms with Crippen LogP contribution >= 0.6 is 27.5 Å². The number of hydrogen-bond acceptors (Lipinski definition) is 1. The number of aryl methyl sites for hydroxylation is 1. The Labute approximate surface area is 84.8 Å². The number of halogens is 2. The maximum absolute atomic E-state index is 5.92. The van der Waals surface area contributed by atoms with E-state index in [4.69, 9.17) is 16.3 Å². The van der Waals surface area contributed by atoms with Gasteiger partial charge in [-0.25, -0.2) is 0 Å². The summed E-state index contributed by atoms with van der Waals surface area (Å²) >= 11 is 9.33. The van der Waals surface area contributed by atoms with Crippen molar-refractivity contribution in [1.29, 1.82) is 0 Å². The summed E-state index contributed by atoms with van der Waals surface area (Å²) in [4.78, 5) is 0. The zero-order chi connectivity index (χ0) is 8.55. The lowest BCUT2D eigenvalue weighted by Crippen LogP contribution is -2.08. The molecule has 0 amide bonds. The van der Waals surface area contributed by atoms with Crippen molar-refractivity contribution in [1.82, 2.24) is 0 Å². The standard InChI is InChI=1S/C9H8BrClO/c10-8-7(11)4-3-6-2-1-5-12-9(6)8/h3-4H,1-2,5H2. The van der Waals surface area contributed by atoms with E-state index in [1.807, 2.05) is 12.1 Å². The van der Waals surface area contributed by atoms with Gasteiger partial charge in [-0.15, -0.1) is 0 Å². The van der Waals surface area contributed by atoms with Crippen molar-refractivity contribution in [2.24, 2.45) is 0 Å². The number of hydrogen-bond donors (Lipinski definition) is 0. The van der Waals surface area contributed by atoms with Crippen molar-refractivity contribution in [3.05, 3.63) is 27.2 Å². The lowest BCUT2D eigenvalue weighted by molar-refractivity contribution is 0.286. The number of fused-ring (bicyclic) bond motifs is 1. The molecule has 0 bridgehead atoms. The van der Waals surface area contributed by atoms with Crippen LogP contribution in [0.3, 0.4) is 0 Å². The van der Waals surface area contributed by atoms with Crippen LogP contribution in [-0.2, 0) is 6.42 Å². The van der Waals surface area contributed by atoms with Gasteiger partial charge >= 0.3 is 0 Å². The highest BCUT2D eigenvalue weighted by Crippen LogP contribution is 2.37. The molecule has 3 heteroatoms. The summed E-state index contributed by atoms with van der Waals surface area (Å²) in [7, 11) is 0. The molecule has 0 fully saturated rings. The predicted molar refractivity (Wildman–Crippen MR) is 53.0 cm³/mol. The van der Waals surface area contributed by atoms with Gasteiger partial charge in [0.1, 0.15) is 5.75 Å². The summed E-state index contributed by atoms with van der Waals surface area (Å²) in [6, 6.07) is 3.93. The third kappa shape index (κ3) is 1.34. The average Bonchev–Trinajstić information content (AvgIpc) is 2.12. The zero-order valence-corrected chi connectivity index (χ0v) is 8.78. The van der Waals surface area contributed by atoms with Crippen molar-refractivity contribution in [2.75, 3.05) is 6.61 Å². The fourth-order valence-corrected chi connectivity index (χ4v) is 2.01. The van der Waals surface area contributed by atoms with Gasteiger partial charge in [0.05, 0.1) is 16.1 Å². The van der Waals surface area contributed by atoms with E-state index in [9.17, 15) is 0 Å². The van der Waals surface area contributed by atoms with E-state index < -0.39 is 0 Å². The van der Waals surface area contributed by atoms with Gasteiger partial charge in [0.2, 0.25) is 0 Å². The van der Waals surface area contributed by atoms with Crippen LogP contribution < -0.4 is 4.74 Å². The minimum Gasteiger partial charge on any atom is -0.492 e. The van der Waals surface area contributed by atoms with Crippen molar-refractivity contribution >= 4 is 27.5 Å². The highest BCUT2D eigenvalue weighted by atomic mass is 79.9. The highest BCUT2D eigenvalue weighted by Gasteiger charge is 2.14. The molecule has 0 saturated carbocycles. The topological polar surface area (TPSA) is 9.23 Å². The fraction of sp³-hybridized carbons (Fsp3) is 0.333. The third-order valence-electron chi connectivity index (χ3n) is 1.97. The van der Waals surface area contributed by atoms with Gasteiger partial charge in [0.15, 0.2) is 0 Å². The molecule has 0 unspecified atom stereocenters. The van der Waals surface area contributed by atoms with Crippen LogP contribution in [0.2, 0.25) is 5.02 Å². The average molecular weight is 248 g/mol. The molecule has 0 spiro atoms. The molecule has 12 heavy (non-hydrogen) atoms. The maximum atomic E-state index is 5.92. The fourth-order valence-electron chi connectivity index (χ4n) is 1.36. The van der Waals surface area contributed by atoms with Gasteiger partial charge in [0, 0.05) is 0 Å². The normalized spacial score (nSPS) is 15.2. The quantitative estimate of drug-likeness (QED) is 0.682. The third-order valence-corrected chi connectivity index (χ3v) is 3.30. The second-order valence-corrected chi connectivity index (χ2v) is 4.00. The Morgan fingerprint density at radius 1 is 1.42 bits per heavy atom. The van der Waals surface area contributed by atoms with Crippen LogP contribution in [0, 0.1) is 0 Å². The van der Waals surface area contributed by atoms with Gasteiger partial charge < -0.3 is 4.74 Å². The molecule has 1 heterocycles. The summed E-state index contributed by atoms with van der Waals surface area (Å²) in [5.74, 6) is 0.925. The van der Waals surface area contributed by atoms with Crippen molar-refractivity contribution < 1.29 is 4.74 Å². The van der Waals surface area contributed by atoms with E-state index in [2.05, 4.69) is 15.9 Å². The van der Waals surface area contributed by atoms with Crippen molar-refractivity contribution in [3.63, 3.8) is 0 Å². The van der Waals surface area contributed by atoms with Crippen LogP contribution in [-0.4, -0.2) is 6.61 Å². The number of ether oxygens (including phenoxy) is 1. The Morgan fingerprint density at radius 3 is 3.08 bits per heavy atom. The first kappa shape index (κ1) is 8.39. The summed E-state index contributed by atoms with van der Waals surface area (Å²) in [5.41, 5.74) is 1.25. The Morgan fingerprint density at radius 2 is 2.25 bits per heavy atom. The second kappa shape index (κ2) is 3.27. The minimum atomic E-state index is 0.718. The summed E-state index contributed by atoms with van der Waals surface area (Å²) in [6.07, 6.45) is 2.19. The van der Waals surface area contributed by atoms with Crippen LogP contribution in [0.4, 0.5) is 0 Å². The molecule has 0 saturated heterocycles. The smallest absolute Gasteiger partial charge is 0.138 e. The van der Waals surface area contributed by atoms with E-state index >= 15 is 0 Å². The van der Waals surface area contributed by atoms with Crippen LogP contribution in [0.1, 0.15) is 12.0 Å². The molecule has 1 nitrogen and oxygen atoms in total. The molecular formula is C9H8BrClO. The molecule has 1 aliphatic rings. The largest absolute Gasteiger partial charge is 0.492 e. The zero-order valence-electron chi connectivity index (χ0n) is 6.44. The van der Waals surface area contributed by atoms with E-state index in [0.717, 1.165) is 34.7 Å². The summed E-state index contributed by atoms with van der Waals surface area (Å²) < 4.78 is 6.39. The maximum Gasteiger partial charge on any atom is 0.138 e. The van der Waals surface area contributed by atoms with Gasteiger partial charge in [0.25, 0.3) is 0 Å². The molecule has 2 rings (SSSR count). The van der Waals surface area contributed by atoms with Crippen molar-refractivity contribution in [2.45, 2.75) is 12.8 Å². The lowest BCUT2D eigenvalue weighted by Gasteiger charge is -2.18. The predicted octanol–water partition coefficient (Wildman–Crippen LogP) is 3.43. The molecule has 1 aromatic carbocycles. The number of rotatable bonds is 0. The molecular weight excluding hydrogens is 239 g/mol. The molecule has 64 valence electrons. The van der Waals surface area contributed by atoms with Crippen LogP contribution in [0.15, 0.2) is 16.6 Å². The van der Waals surface area contributed by atoms with Crippen LogP contribution in [0.25, 0.3) is 0 Å². The highest BCUT2D eigenvalue weighted by molar-refractivity contribution is 9.10. The van der Waals surface area contributed by atoms with E-state index in [1.54, 1.807) is 0 Å². The van der Waals surface area contributed by atoms with Gasteiger partial charge in [-0.2, -0.15) is 0 Å². The monoisotopic (exact) mass is 246 g/mol. The second-order valence-electron chi connectivity index (χ2n) is 2.80. The molecule has 0 radical (unpaired) electrons. The minimum absolute atomic E-state index is 0.718.